The van der Waals surface area contributed by atoms with Gasteiger partial charge in [0.1, 0.15) is 0 Å². The summed E-state index contributed by atoms with van der Waals surface area (Å²) in [7, 11) is 1.35. The van der Waals surface area contributed by atoms with Crippen LogP contribution in [0.3, 0.4) is 0 Å². The van der Waals surface area contributed by atoms with E-state index in [0.29, 0.717) is 0 Å². The predicted molar refractivity (Wildman–Crippen MR) is 143 cm³/mol. The number of hydrogen-bond acceptors (Lipinski definition) is 5. The molecule has 0 rings (SSSR count). The molecule has 0 aliphatic rings. The Labute approximate surface area is 195 Å². The summed E-state index contributed by atoms with van der Waals surface area (Å²) in [5, 5.41) is 8.68. The number of esters is 2. The highest BCUT2D eigenvalue weighted by Gasteiger charge is 2.02. The van der Waals surface area contributed by atoms with Crippen LogP contribution in [0.5, 0.6) is 0 Å². The highest BCUT2D eigenvalue weighted by atomic mass is 16.5. The molecule has 0 aromatic heterocycles. The Morgan fingerprint density at radius 2 is 1.03 bits per heavy atom. The number of ether oxygens (including phenoxy) is 2. The summed E-state index contributed by atoms with van der Waals surface area (Å²) in [6, 6.07) is 0. The number of methoxy groups -OCH3 is 1. The van der Waals surface area contributed by atoms with Crippen LogP contribution in [0.25, 0.3) is 0 Å². The Kier molecular flexibility index (Phi) is 132. The predicted octanol–water partition coefficient (Wildman–Crippen LogP) is 8.95. The molecule has 0 fully saturated rings. The molecule has 0 aliphatic carbocycles. The minimum atomic E-state index is -0.245. The van der Waals surface area contributed by atoms with E-state index < -0.39 is 0 Å². The number of rotatable bonds is 7. The highest BCUT2D eigenvalue weighted by molar-refractivity contribution is 5.66. The molecule has 0 saturated heterocycles. The quantitative estimate of drug-likeness (QED) is 0.393. The number of aliphatic hydroxyl groups is 1. The van der Waals surface area contributed by atoms with Gasteiger partial charge in [0.25, 0.3) is 0 Å². The van der Waals surface area contributed by atoms with Gasteiger partial charge >= 0.3 is 11.9 Å². The molecule has 0 amide bonds. The third-order valence-corrected chi connectivity index (χ3v) is 2.59. The van der Waals surface area contributed by atoms with Crippen LogP contribution in [0.4, 0.5) is 0 Å². The maximum atomic E-state index is 10.4. The minimum Gasteiger partial charge on any atom is -0.469 e. The smallest absolute Gasteiger partial charge is 0.302 e. The summed E-state index contributed by atoms with van der Waals surface area (Å²) < 4.78 is 9.02. The van der Waals surface area contributed by atoms with Crippen LogP contribution in [-0.2, 0) is 19.1 Å². The lowest BCUT2D eigenvalue weighted by Gasteiger charge is -2.09. The van der Waals surface area contributed by atoms with E-state index in [2.05, 4.69) is 18.6 Å². The van der Waals surface area contributed by atoms with Crippen LogP contribution in [0.1, 0.15) is 139 Å². The fourth-order valence-corrected chi connectivity index (χ4v) is 1.33. The first-order valence-corrected chi connectivity index (χ1v) is 8.10. The van der Waals surface area contributed by atoms with Crippen LogP contribution in [0.2, 0.25) is 0 Å². The SMILES string of the molecule is C.C.C.C.C.C.C.C.CCCCC(C)O.CCCCC(C)OC(C)=O.COC(C)=O. The van der Waals surface area contributed by atoms with Gasteiger partial charge in [-0.25, -0.2) is 0 Å². The Bertz CT molecular complexity index is 254. The third-order valence-electron chi connectivity index (χ3n) is 2.59. The molecule has 1 N–H and O–H groups in total. The van der Waals surface area contributed by atoms with Crippen molar-refractivity contribution in [2.24, 2.45) is 0 Å². The van der Waals surface area contributed by atoms with Crippen molar-refractivity contribution in [3.8, 4) is 0 Å². The van der Waals surface area contributed by atoms with Crippen molar-refractivity contribution in [3.63, 3.8) is 0 Å². The van der Waals surface area contributed by atoms with Crippen molar-refractivity contribution in [2.75, 3.05) is 7.11 Å². The molecule has 30 heavy (non-hydrogen) atoms. The molecule has 2 atom stereocenters. The fourth-order valence-electron chi connectivity index (χ4n) is 1.33. The zero-order chi connectivity index (χ0) is 18.0. The van der Waals surface area contributed by atoms with Gasteiger partial charge in [-0.05, 0) is 26.7 Å². The zero-order valence-electron chi connectivity index (χ0n) is 15.5. The summed E-state index contributed by atoms with van der Waals surface area (Å²) in [6.45, 7) is 10.8. The maximum absolute atomic E-state index is 10.4. The topological polar surface area (TPSA) is 72.8 Å². The molecule has 0 aliphatic heterocycles. The summed E-state index contributed by atoms with van der Waals surface area (Å²) in [4.78, 5) is 20.0. The van der Waals surface area contributed by atoms with Gasteiger partial charge in [-0.3, -0.25) is 9.59 Å². The average Bonchev–Trinajstić information content (AvgIpc) is 2.43. The third kappa shape index (κ3) is 108. The van der Waals surface area contributed by atoms with E-state index in [1.807, 2.05) is 13.8 Å². The second-order valence-corrected chi connectivity index (χ2v) is 5.25. The van der Waals surface area contributed by atoms with Crippen LogP contribution < -0.4 is 0 Å². The van der Waals surface area contributed by atoms with Crippen LogP contribution in [-0.4, -0.2) is 36.4 Å². The van der Waals surface area contributed by atoms with Gasteiger partial charge in [0.2, 0.25) is 0 Å². The largest absolute Gasteiger partial charge is 0.469 e. The second kappa shape index (κ2) is 56.5. The minimum absolute atomic E-state index is 0. The normalized spacial score (nSPS) is 8.67. The first-order chi connectivity index (χ1) is 10.2. The Morgan fingerprint density at radius 1 is 0.733 bits per heavy atom. The van der Waals surface area contributed by atoms with E-state index in [4.69, 9.17) is 9.84 Å². The average molecular weight is 449 g/mol. The Hall–Kier alpha value is -1.10. The molecule has 2 unspecified atom stereocenters. The van der Waals surface area contributed by atoms with E-state index in [1.165, 1.54) is 27.4 Å². The van der Waals surface area contributed by atoms with E-state index >= 15 is 0 Å². The lowest BCUT2D eigenvalue weighted by molar-refractivity contribution is -0.145. The number of unbranched alkanes of at least 4 members (excludes halogenated alkanes) is 2. The number of carbonyl (C=O) groups excluding carboxylic acids is 2. The summed E-state index contributed by atoms with van der Waals surface area (Å²) in [5.41, 5.74) is 0. The molecule has 0 aromatic rings. The Balaban J connectivity index is -0.0000000184. The lowest BCUT2D eigenvalue weighted by Crippen LogP contribution is -2.11. The van der Waals surface area contributed by atoms with Crippen molar-refractivity contribution in [3.05, 3.63) is 0 Å². The monoisotopic (exact) mass is 449 g/mol. The molecule has 0 saturated carbocycles. The number of hydrogen-bond donors (Lipinski definition) is 1. The van der Waals surface area contributed by atoms with Gasteiger partial charge in [-0.2, -0.15) is 0 Å². The van der Waals surface area contributed by atoms with E-state index in [0.717, 1.165) is 32.1 Å². The van der Waals surface area contributed by atoms with Crippen molar-refractivity contribution in [2.45, 2.75) is 152 Å². The van der Waals surface area contributed by atoms with Crippen molar-refractivity contribution >= 4 is 11.9 Å². The lowest BCUT2D eigenvalue weighted by atomic mass is 10.2. The first-order valence-electron chi connectivity index (χ1n) is 8.10. The van der Waals surface area contributed by atoms with Gasteiger partial charge in [0.15, 0.2) is 0 Å². The summed E-state index contributed by atoms with van der Waals surface area (Å²) in [5.74, 6) is -0.423. The van der Waals surface area contributed by atoms with Crippen molar-refractivity contribution in [1.29, 1.82) is 0 Å². The molecule has 0 aromatic carbocycles. The van der Waals surface area contributed by atoms with E-state index in [-0.39, 0.29) is 83.6 Å². The standard InChI is InChI=1S/C8H16O2.C6H14O.C3H6O2.8CH4/c1-4-5-6-7(2)10-8(3)9;1-3-4-5-6(2)7;1-3(4)5-2;;;;;;;;/h7H,4-6H2,1-3H3;6-7H,3-5H2,1-2H3;1-2H3;8*1H4. The summed E-state index contributed by atoms with van der Waals surface area (Å²) in [6.07, 6.45) is 6.56. The fraction of sp³-hybridized carbons (Fsp3) is 0.920. The molecule has 0 bridgehead atoms. The van der Waals surface area contributed by atoms with Crippen molar-refractivity contribution < 1.29 is 24.2 Å². The van der Waals surface area contributed by atoms with Crippen LogP contribution >= 0.6 is 0 Å². The van der Waals surface area contributed by atoms with Crippen LogP contribution in [0, 0.1) is 0 Å². The summed E-state index contributed by atoms with van der Waals surface area (Å²) >= 11 is 0. The molecule has 0 heterocycles. The molecule has 0 radical (unpaired) electrons. The highest BCUT2D eigenvalue weighted by Crippen LogP contribution is 2.03. The van der Waals surface area contributed by atoms with Gasteiger partial charge in [-0.15, -0.1) is 0 Å². The van der Waals surface area contributed by atoms with E-state index in [9.17, 15) is 9.59 Å². The second-order valence-electron chi connectivity index (χ2n) is 5.25. The van der Waals surface area contributed by atoms with Gasteiger partial charge in [-0.1, -0.05) is 98.9 Å². The van der Waals surface area contributed by atoms with E-state index in [1.54, 1.807) is 0 Å². The molecular formula is C25H68O5. The molecule has 5 nitrogen and oxygen atoms in total. The number of carbonyl (C=O) groups is 2. The van der Waals surface area contributed by atoms with Gasteiger partial charge < -0.3 is 14.6 Å². The van der Waals surface area contributed by atoms with Crippen LogP contribution in [0.15, 0.2) is 0 Å². The number of aliphatic hydroxyl groups excluding tert-OH is 1. The maximum Gasteiger partial charge on any atom is 0.302 e. The molecule has 5 heteroatoms. The molecule has 198 valence electrons. The zero-order valence-corrected chi connectivity index (χ0v) is 15.5. The van der Waals surface area contributed by atoms with Crippen molar-refractivity contribution in [1.82, 2.24) is 0 Å². The Morgan fingerprint density at radius 3 is 1.20 bits per heavy atom. The molecular weight excluding hydrogens is 380 g/mol. The van der Waals surface area contributed by atoms with Gasteiger partial charge in [0.05, 0.1) is 19.3 Å². The molecule has 0 spiro atoms. The van der Waals surface area contributed by atoms with Gasteiger partial charge in [0, 0.05) is 13.8 Å². The first kappa shape index (κ1) is 70.2.